The fraction of sp³-hybridized carbons (Fsp3) is 0.667. The summed E-state index contributed by atoms with van der Waals surface area (Å²) in [7, 11) is 3.15. The molecule has 0 rings (SSSR count). The quantitative estimate of drug-likeness (QED) is 0.671. The van der Waals surface area contributed by atoms with Crippen LogP contribution in [0, 0.1) is 5.92 Å². The third-order valence-corrected chi connectivity index (χ3v) is 2.59. The Morgan fingerprint density at radius 1 is 1.53 bits per heavy atom. The Balaban J connectivity index is 4.39. The van der Waals surface area contributed by atoms with E-state index in [9.17, 15) is 9.59 Å². The molecule has 2 amide bonds. The minimum atomic E-state index is -0.719. The molecule has 0 aliphatic heterocycles. The van der Waals surface area contributed by atoms with Gasteiger partial charge in [0.1, 0.15) is 5.92 Å². The van der Waals surface area contributed by atoms with Crippen molar-refractivity contribution in [3.8, 4) is 0 Å². The number of nitrogens with zero attached hydrogens (tertiary/aromatic N) is 1. The van der Waals surface area contributed by atoms with E-state index >= 15 is 0 Å². The number of ether oxygens (including phenoxy) is 1. The maximum atomic E-state index is 11.8. The molecule has 0 spiro atoms. The van der Waals surface area contributed by atoms with Crippen molar-refractivity contribution in [2.45, 2.75) is 26.3 Å². The topological polar surface area (TPSA) is 58.6 Å². The lowest BCUT2D eigenvalue weighted by Crippen LogP contribution is -2.44. The molecule has 98 valence electrons. The summed E-state index contributed by atoms with van der Waals surface area (Å²) in [5.74, 6) is -1.28. The molecule has 0 aliphatic carbocycles. The largest absolute Gasteiger partial charge is 0.383 e. The van der Waals surface area contributed by atoms with Crippen LogP contribution >= 0.6 is 0 Å². The zero-order chi connectivity index (χ0) is 13.4. The van der Waals surface area contributed by atoms with E-state index in [-0.39, 0.29) is 17.9 Å². The molecule has 5 nitrogen and oxygen atoms in total. The summed E-state index contributed by atoms with van der Waals surface area (Å²) in [5.41, 5.74) is 0. The lowest BCUT2D eigenvalue weighted by molar-refractivity contribution is -0.139. The number of rotatable bonds is 7. The van der Waals surface area contributed by atoms with Gasteiger partial charge in [0.15, 0.2) is 0 Å². The number of amides is 2. The lowest BCUT2D eigenvalue weighted by atomic mass is 10.1. The minimum absolute atomic E-state index is 0.0585. The van der Waals surface area contributed by atoms with Crippen LogP contribution in [0.15, 0.2) is 12.8 Å². The van der Waals surface area contributed by atoms with Crippen LogP contribution < -0.4 is 5.32 Å². The van der Waals surface area contributed by atoms with Gasteiger partial charge in [-0.15, -0.1) is 0 Å². The molecule has 5 heteroatoms. The van der Waals surface area contributed by atoms with Crippen molar-refractivity contribution in [2.75, 3.05) is 20.8 Å². The SMILES string of the molecule is C=CN(C)C(=O)C(C)C(=O)NC(CC)COC. The average Bonchev–Trinajstić information content (AvgIpc) is 2.35. The summed E-state index contributed by atoms with van der Waals surface area (Å²) in [6.45, 7) is 7.46. The van der Waals surface area contributed by atoms with Crippen LogP contribution in [0.25, 0.3) is 0 Å². The Bertz CT molecular complexity index is 279. The van der Waals surface area contributed by atoms with E-state index in [0.717, 1.165) is 6.42 Å². The van der Waals surface area contributed by atoms with Gasteiger partial charge in [0.05, 0.1) is 12.6 Å². The van der Waals surface area contributed by atoms with Crippen LogP contribution in [0.2, 0.25) is 0 Å². The molecule has 2 unspecified atom stereocenters. The van der Waals surface area contributed by atoms with Crippen molar-refractivity contribution >= 4 is 11.8 Å². The molecule has 0 bridgehead atoms. The second-order valence-electron chi connectivity index (χ2n) is 3.92. The van der Waals surface area contributed by atoms with Gasteiger partial charge in [-0.1, -0.05) is 13.5 Å². The molecular formula is C12H22N2O3. The molecule has 0 fully saturated rings. The number of carbonyl (C=O) groups excluding carboxylic acids is 2. The first-order valence-corrected chi connectivity index (χ1v) is 5.66. The Kier molecular flexibility index (Phi) is 7.21. The van der Waals surface area contributed by atoms with E-state index in [0.29, 0.717) is 6.61 Å². The number of nitrogens with one attached hydrogen (secondary N) is 1. The molecule has 0 aromatic rings. The highest BCUT2D eigenvalue weighted by Gasteiger charge is 2.24. The van der Waals surface area contributed by atoms with Gasteiger partial charge in [-0.25, -0.2) is 0 Å². The van der Waals surface area contributed by atoms with Gasteiger partial charge in [0, 0.05) is 14.2 Å². The molecule has 0 aromatic carbocycles. The predicted octanol–water partition coefficient (Wildman–Crippen LogP) is 0.766. The molecule has 0 radical (unpaired) electrons. The highest BCUT2D eigenvalue weighted by molar-refractivity contribution is 6.00. The average molecular weight is 242 g/mol. The third-order valence-electron chi connectivity index (χ3n) is 2.59. The zero-order valence-electron chi connectivity index (χ0n) is 11.0. The first kappa shape index (κ1) is 15.6. The van der Waals surface area contributed by atoms with Crippen molar-refractivity contribution in [3.05, 3.63) is 12.8 Å². The summed E-state index contributed by atoms with van der Waals surface area (Å²) in [5, 5.41) is 2.78. The Morgan fingerprint density at radius 2 is 2.12 bits per heavy atom. The fourth-order valence-electron chi connectivity index (χ4n) is 1.30. The molecule has 17 heavy (non-hydrogen) atoms. The van der Waals surface area contributed by atoms with Gasteiger partial charge in [0.25, 0.3) is 0 Å². The highest BCUT2D eigenvalue weighted by Crippen LogP contribution is 2.03. The maximum Gasteiger partial charge on any atom is 0.238 e. The second-order valence-corrected chi connectivity index (χ2v) is 3.92. The van der Waals surface area contributed by atoms with E-state index < -0.39 is 5.92 Å². The molecule has 0 heterocycles. The van der Waals surface area contributed by atoms with Crippen LogP contribution in [0.3, 0.4) is 0 Å². The van der Waals surface area contributed by atoms with Crippen molar-refractivity contribution in [1.82, 2.24) is 10.2 Å². The summed E-state index contributed by atoms with van der Waals surface area (Å²) in [6.07, 6.45) is 2.15. The van der Waals surface area contributed by atoms with Crippen LogP contribution in [-0.4, -0.2) is 43.5 Å². The van der Waals surface area contributed by atoms with Gasteiger partial charge in [0.2, 0.25) is 11.8 Å². The summed E-state index contributed by atoms with van der Waals surface area (Å²) in [6, 6.07) is -0.0585. The van der Waals surface area contributed by atoms with Crippen molar-refractivity contribution < 1.29 is 14.3 Å². The standard InChI is InChI=1S/C12H22N2O3/c1-6-10(8-17-5)13-11(15)9(3)12(16)14(4)7-2/h7,9-10H,2,6,8H2,1,3-5H3,(H,13,15). The van der Waals surface area contributed by atoms with Gasteiger partial charge in [-0.2, -0.15) is 0 Å². The Hall–Kier alpha value is -1.36. The number of hydrogen-bond donors (Lipinski definition) is 1. The Morgan fingerprint density at radius 3 is 2.53 bits per heavy atom. The second kappa shape index (κ2) is 7.84. The molecule has 2 atom stereocenters. The normalized spacial score (nSPS) is 13.6. The number of carbonyl (C=O) groups is 2. The van der Waals surface area contributed by atoms with Crippen LogP contribution in [0.1, 0.15) is 20.3 Å². The third kappa shape index (κ3) is 4.99. The smallest absolute Gasteiger partial charge is 0.238 e. The summed E-state index contributed by atoms with van der Waals surface area (Å²) < 4.78 is 4.98. The minimum Gasteiger partial charge on any atom is -0.383 e. The van der Waals surface area contributed by atoms with Gasteiger partial charge in [-0.3, -0.25) is 9.59 Å². The monoisotopic (exact) mass is 242 g/mol. The summed E-state index contributed by atoms with van der Waals surface area (Å²) in [4.78, 5) is 24.8. The van der Waals surface area contributed by atoms with E-state index in [1.807, 2.05) is 6.92 Å². The van der Waals surface area contributed by atoms with Gasteiger partial charge < -0.3 is 15.0 Å². The van der Waals surface area contributed by atoms with E-state index in [2.05, 4.69) is 11.9 Å². The molecule has 0 aromatic heterocycles. The molecule has 0 saturated carbocycles. The van der Waals surface area contributed by atoms with E-state index in [4.69, 9.17) is 4.74 Å². The number of hydrogen-bond acceptors (Lipinski definition) is 3. The first-order chi connectivity index (χ1) is 7.97. The van der Waals surface area contributed by atoms with Crippen molar-refractivity contribution in [2.24, 2.45) is 5.92 Å². The highest BCUT2D eigenvalue weighted by atomic mass is 16.5. The summed E-state index contributed by atoms with van der Waals surface area (Å²) >= 11 is 0. The Labute approximate surface area is 103 Å². The van der Waals surface area contributed by atoms with Crippen LogP contribution in [0.5, 0.6) is 0 Å². The van der Waals surface area contributed by atoms with E-state index in [1.165, 1.54) is 11.1 Å². The van der Waals surface area contributed by atoms with Crippen molar-refractivity contribution in [3.63, 3.8) is 0 Å². The van der Waals surface area contributed by atoms with Crippen LogP contribution in [0.4, 0.5) is 0 Å². The molecular weight excluding hydrogens is 220 g/mol. The maximum absolute atomic E-state index is 11.8. The zero-order valence-corrected chi connectivity index (χ0v) is 11.0. The van der Waals surface area contributed by atoms with E-state index in [1.54, 1.807) is 21.1 Å². The van der Waals surface area contributed by atoms with Gasteiger partial charge >= 0.3 is 0 Å². The fourth-order valence-corrected chi connectivity index (χ4v) is 1.30. The first-order valence-electron chi connectivity index (χ1n) is 5.66. The van der Waals surface area contributed by atoms with Crippen molar-refractivity contribution in [1.29, 1.82) is 0 Å². The molecule has 0 aliphatic rings. The van der Waals surface area contributed by atoms with Gasteiger partial charge in [-0.05, 0) is 19.5 Å². The predicted molar refractivity (Wildman–Crippen MR) is 66.2 cm³/mol. The van der Waals surface area contributed by atoms with Crippen LogP contribution in [-0.2, 0) is 14.3 Å². The molecule has 0 saturated heterocycles. The lowest BCUT2D eigenvalue weighted by Gasteiger charge is -2.21. The number of methoxy groups -OCH3 is 1. The molecule has 1 N–H and O–H groups in total.